The van der Waals surface area contributed by atoms with Crippen LogP contribution >= 0.6 is 11.3 Å². The molecule has 16 heavy (non-hydrogen) atoms. The van der Waals surface area contributed by atoms with Crippen LogP contribution in [-0.4, -0.2) is 26.0 Å². The maximum absolute atomic E-state index is 10.8. The van der Waals surface area contributed by atoms with E-state index in [4.69, 9.17) is 10.4 Å². The summed E-state index contributed by atoms with van der Waals surface area (Å²) in [7, 11) is 0. The Hall–Kier alpha value is -2.33. The van der Waals surface area contributed by atoms with E-state index in [9.17, 15) is 4.79 Å². The van der Waals surface area contributed by atoms with E-state index in [0.29, 0.717) is 10.6 Å². The lowest BCUT2D eigenvalue weighted by molar-refractivity contribution is 0.0692. The van der Waals surface area contributed by atoms with Gasteiger partial charge in [0.05, 0.1) is 16.1 Å². The lowest BCUT2D eigenvalue weighted by atomic mass is 10.2. The normalized spacial score (nSPS) is 9.69. The molecule has 0 fully saturated rings. The molecule has 0 aliphatic carbocycles. The van der Waals surface area contributed by atoms with E-state index < -0.39 is 5.97 Å². The molecule has 0 aliphatic heterocycles. The number of aromatic carboxylic acids is 1. The van der Waals surface area contributed by atoms with Gasteiger partial charge in [-0.3, -0.25) is 0 Å². The molecule has 0 radical (unpaired) electrons. The lowest BCUT2D eigenvalue weighted by Gasteiger charge is -1.97. The summed E-state index contributed by atoms with van der Waals surface area (Å²) in [6.07, 6.45) is 1.22. The number of carbonyl (C=O) groups is 1. The predicted octanol–water partition coefficient (Wildman–Crippen LogP) is 1.17. The zero-order valence-electron chi connectivity index (χ0n) is 7.78. The van der Waals surface area contributed by atoms with E-state index in [0.717, 1.165) is 11.3 Å². The Kier molecular flexibility index (Phi) is 2.57. The topological polar surface area (TPSA) is 99.8 Å². The van der Waals surface area contributed by atoms with Gasteiger partial charge in [0.2, 0.25) is 0 Å². The highest BCUT2D eigenvalue weighted by Gasteiger charge is 2.16. The molecule has 2 rings (SSSR count). The van der Waals surface area contributed by atoms with Gasteiger partial charge in [-0.2, -0.15) is 5.26 Å². The number of carboxylic acid groups (broad SMARTS) is 1. The summed E-state index contributed by atoms with van der Waals surface area (Å²) in [6.45, 7) is 0. The Labute approximate surface area is 93.9 Å². The summed E-state index contributed by atoms with van der Waals surface area (Å²) in [5.41, 5.74) is 1.95. The summed E-state index contributed by atoms with van der Waals surface area (Å²) in [5.74, 6) is -1.12. The van der Waals surface area contributed by atoms with Crippen molar-refractivity contribution in [2.45, 2.75) is 0 Å². The number of nitrogens with zero attached hydrogens (tertiary/aromatic N) is 4. The van der Waals surface area contributed by atoms with Crippen molar-refractivity contribution < 1.29 is 9.90 Å². The monoisotopic (exact) mass is 232 g/mol. The molecular formula is C9H4N4O2S. The van der Waals surface area contributed by atoms with Crippen LogP contribution in [0.2, 0.25) is 0 Å². The average Bonchev–Trinajstić information content (AvgIpc) is 2.78. The van der Waals surface area contributed by atoms with Gasteiger partial charge in [0, 0.05) is 6.07 Å². The highest BCUT2D eigenvalue weighted by Crippen LogP contribution is 2.25. The van der Waals surface area contributed by atoms with Crippen LogP contribution in [0.1, 0.15) is 16.2 Å². The molecule has 6 nitrogen and oxygen atoms in total. The van der Waals surface area contributed by atoms with E-state index >= 15 is 0 Å². The van der Waals surface area contributed by atoms with E-state index in [1.54, 1.807) is 0 Å². The van der Waals surface area contributed by atoms with Crippen molar-refractivity contribution in [2.75, 3.05) is 0 Å². The first-order chi connectivity index (χ1) is 7.72. The molecule has 0 saturated heterocycles. The smallest absolute Gasteiger partial charge is 0.356 e. The summed E-state index contributed by atoms with van der Waals surface area (Å²) in [5, 5.41) is 17.5. The molecular weight excluding hydrogens is 228 g/mol. The highest BCUT2D eigenvalue weighted by atomic mass is 32.1. The van der Waals surface area contributed by atoms with E-state index in [1.165, 1.54) is 17.9 Å². The van der Waals surface area contributed by atoms with Gasteiger partial charge in [-0.1, -0.05) is 0 Å². The second-order valence-corrected chi connectivity index (χ2v) is 3.59. The first kappa shape index (κ1) is 10.2. The standard InChI is InChI=1S/C9H4N4O2S/c10-2-5-1-6(12-3-11-5)8-7(9(14)15)13-4-16-8/h1,3-4H,(H,14,15). The average molecular weight is 232 g/mol. The summed E-state index contributed by atoms with van der Waals surface area (Å²) in [6, 6.07) is 3.29. The zero-order valence-corrected chi connectivity index (χ0v) is 8.60. The van der Waals surface area contributed by atoms with Crippen LogP contribution in [0.5, 0.6) is 0 Å². The molecule has 0 saturated carbocycles. The van der Waals surface area contributed by atoms with Gasteiger partial charge in [-0.05, 0) is 0 Å². The lowest BCUT2D eigenvalue weighted by Crippen LogP contribution is -1.99. The van der Waals surface area contributed by atoms with Crippen molar-refractivity contribution >= 4 is 17.3 Å². The molecule has 2 aromatic heterocycles. The molecule has 0 aromatic carbocycles. The number of nitriles is 1. The molecule has 0 amide bonds. The second kappa shape index (κ2) is 4.04. The molecule has 0 spiro atoms. The number of carboxylic acids is 1. The maximum atomic E-state index is 10.8. The Morgan fingerprint density at radius 3 is 2.94 bits per heavy atom. The van der Waals surface area contributed by atoms with Gasteiger partial charge in [0.15, 0.2) is 5.69 Å². The number of hydrogen-bond acceptors (Lipinski definition) is 6. The van der Waals surface area contributed by atoms with Crippen LogP contribution in [0, 0.1) is 11.3 Å². The third kappa shape index (κ3) is 1.74. The fourth-order valence-corrected chi connectivity index (χ4v) is 1.87. The quantitative estimate of drug-likeness (QED) is 0.834. The van der Waals surface area contributed by atoms with Crippen molar-refractivity contribution in [3.8, 4) is 16.6 Å². The van der Waals surface area contributed by atoms with Gasteiger partial charge < -0.3 is 5.11 Å². The molecule has 0 aliphatic rings. The molecule has 0 unspecified atom stereocenters. The van der Waals surface area contributed by atoms with Crippen LogP contribution in [0.15, 0.2) is 17.9 Å². The highest BCUT2D eigenvalue weighted by molar-refractivity contribution is 7.13. The molecule has 2 aromatic rings. The number of aromatic nitrogens is 3. The SMILES string of the molecule is N#Cc1cc(-c2scnc2C(=O)O)ncn1. The minimum absolute atomic E-state index is 0.0624. The van der Waals surface area contributed by atoms with Gasteiger partial charge in [0.25, 0.3) is 0 Å². The Bertz CT molecular complexity index is 587. The summed E-state index contributed by atoms with van der Waals surface area (Å²) >= 11 is 1.16. The molecule has 1 N–H and O–H groups in total. The fourth-order valence-electron chi connectivity index (χ4n) is 1.12. The number of hydrogen-bond donors (Lipinski definition) is 1. The molecule has 7 heteroatoms. The second-order valence-electron chi connectivity index (χ2n) is 2.74. The van der Waals surface area contributed by atoms with Crippen LogP contribution in [0.3, 0.4) is 0 Å². The minimum Gasteiger partial charge on any atom is -0.476 e. The fraction of sp³-hybridized carbons (Fsp3) is 0. The molecule has 0 atom stereocenters. The third-order valence-electron chi connectivity index (χ3n) is 1.78. The van der Waals surface area contributed by atoms with E-state index in [-0.39, 0.29) is 11.4 Å². The van der Waals surface area contributed by atoms with E-state index in [2.05, 4.69) is 15.0 Å². The minimum atomic E-state index is -1.12. The van der Waals surface area contributed by atoms with Crippen LogP contribution in [-0.2, 0) is 0 Å². The van der Waals surface area contributed by atoms with Crippen LogP contribution in [0.4, 0.5) is 0 Å². The Morgan fingerprint density at radius 2 is 2.25 bits per heavy atom. The van der Waals surface area contributed by atoms with Gasteiger partial charge in [0.1, 0.15) is 18.1 Å². The zero-order chi connectivity index (χ0) is 11.5. The van der Waals surface area contributed by atoms with E-state index in [1.807, 2.05) is 6.07 Å². The molecule has 2 heterocycles. The predicted molar refractivity (Wildman–Crippen MR) is 54.8 cm³/mol. The first-order valence-corrected chi connectivity index (χ1v) is 4.99. The van der Waals surface area contributed by atoms with Crippen molar-refractivity contribution in [3.63, 3.8) is 0 Å². The van der Waals surface area contributed by atoms with Crippen LogP contribution in [0.25, 0.3) is 10.6 Å². The van der Waals surface area contributed by atoms with Crippen molar-refractivity contribution in [1.29, 1.82) is 5.26 Å². The summed E-state index contributed by atoms with van der Waals surface area (Å²) < 4.78 is 0. The number of thiazole rings is 1. The molecule has 78 valence electrons. The van der Waals surface area contributed by atoms with Crippen LogP contribution < -0.4 is 0 Å². The Balaban J connectivity index is 2.55. The first-order valence-electron chi connectivity index (χ1n) is 4.11. The maximum Gasteiger partial charge on any atom is 0.356 e. The third-order valence-corrected chi connectivity index (χ3v) is 2.63. The molecule has 0 bridgehead atoms. The summed E-state index contributed by atoms with van der Waals surface area (Å²) in [4.78, 5) is 22.6. The Morgan fingerprint density at radius 1 is 1.44 bits per heavy atom. The number of rotatable bonds is 2. The van der Waals surface area contributed by atoms with Crippen molar-refractivity contribution in [3.05, 3.63) is 29.3 Å². The van der Waals surface area contributed by atoms with Gasteiger partial charge in [-0.15, -0.1) is 11.3 Å². The van der Waals surface area contributed by atoms with Crippen molar-refractivity contribution in [1.82, 2.24) is 15.0 Å². The largest absolute Gasteiger partial charge is 0.476 e. The van der Waals surface area contributed by atoms with Gasteiger partial charge in [-0.25, -0.2) is 19.7 Å². The van der Waals surface area contributed by atoms with Crippen molar-refractivity contribution in [2.24, 2.45) is 0 Å². The van der Waals surface area contributed by atoms with Gasteiger partial charge >= 0.3 is 5.97 Å².